The summed E-state index contributed by atoms with van der Waals surface area (Å²) in [6, 6.07) is 46.2. The van der Waals surface area contributed by atoms with Crippen LogP contribution >= 0.6 is 0 Å². The molecule has 5 N–H and O–H groups in total. The zero-order valence-electron chi connectivity index (χ0n) is 78.1. The van der Waals surface area contributed by atoms with Gasteiger partial charge in [0, 0.05) is 69.7 Å². The first-order valence-electron chi connectivity index (χ1n) is 44.2. The fraction of sp³-hybridized carbons (Fsp3) is 0.333. The van der Waals surface area contributed by atoms with Gasteiger partial charge in [-0.05, 0) is 250 Å². The van der Waals surface area contributed by atoms with Gasteiger partial charge in [-0.25, -0.2) is 29.9 Å². The van der Waals surface area contributed by atoms with Crippen LogP contribution in [0, 0.1) is 62.3 Å². The first kappa shape index (κ1) is 103. The number of alkyl halides is 9. The molecule has 0 fully saturated rings. The number of aromatic nitrogens is 6. The summed E-state index contributed by atoms with van der Waals surface area (Å²) < 4.78 is 146. The number of carboxylic acid groups (broad SMARTS) is 3. The van der Waals surface area contributed by atoms with Crippen molar-refractivity contribution >= 4 is 41.7 Å². The van der Waals surface area contributed by atoms with E-state index in [1.165, 1.54) is 54.4 Å². The number of rotatable bonds is 38. The molecule has 0 spiro atoms. The zero-order valence-corrected chi connectivity index (χ0v) is 78.1. The number of nitrogens with zero attached hydrogens (tertiary/aromatic N) is 9. The van der Waals surface area contributed by atoms with Crippen molar-refractivity contribution in [3.63, 3.8) is 0 Å². The van der Waals surface area contributed by atoms with Crippen LogP contribution in [0.1, 0.15) is 207 Å². The molecule has 0 unspecified atom stereocenters. The summed E-state index contributed by atoms with van der Waals surface area (Å²) in [6.07, 6.45) is -3.67. The fourth-order valence-electron chi connectivity index (χ4n) is 15.7. The van der Waals surface area contributed by atoms with E-state index in [-0.39, 0.29) is 71.2 Å². The molecule has 9 aromatic carbocycles. The van der Waals surface area contributed by atoms with Gasteiger partial charge in [0.25, 0.3) is 0 Å². The monoisotopic (exact) mass is 1860 g/mol. The molecule has 1 amide bonds. The third-order valence-corrected chi connectivity index (χ3v) is 22.1. The first-order valence-corrected chi connectivity index (χ1v) is 44.2. The largest absolute Gasteiger partial charge is 0.493 e. The number of carboxylic acids is 3. The van der Waals surface area contributed by atoms with E-state index in [2.05, 4.69) is 120 Å². The molecule has 3 aromatic heterocycles. The van der Waals surface area contributed by atoms with Crippen molar-refractivity contribution in [3.05, 3.63) is 312 Å². The fourth-order valence-corrected chi connectivity index (χ4v) is 15.7. The summed E-state index contributed by atoms with van der Waals surface area (Å²) >= 11 is 0. The van der Waals surface area contributed by atoms with Crippen LogP contribution in [-0.2, 0) is 72.2 Å². The lowest BCUT2D eigenvalue weighted by Crippen LogP contribution is -2.25. The summed E-state index contributed by atoms with van der Waals surface area (Å²) in [5.41, 5.74) is 23.8. The molecule has 0 radical (unpaired) electrons. The van der Waals surface area contributed by atoms with Gasteiger partial charge >= 0.3 is 36.4 Å². The van der Waals surface area contributed by atoms with Crippen LogP contribution in [0.3, 0.4) is 0 Å². The normalized spacial score (nSPS) is 11.5. The second kappa shape index (κ2) is 46.6. The lowest BCUT2D eigenvalue weighted by Gasteiger charge is -2.26. The lowest BCUT2D eigenvalue weighted by atomic mass is 9.88. The van der Waals surface area contributed by atoms with E-state index < -0.39 is 59.0 Å². The second-order valence-electron chi connectivity index (χ2n) is 34.3. The molecular weight excluding hydrogens is 1750 g/mol. The van der Waals surface area contributed by atoms with Crippen molar-refractivity contribution in [2.45, 2.75) is 205 Å². The smallest absolute Gasteiger partial charge is 0.416 e. The molecule has 135 heavy (non-hydrogen) atoms. The molecule has 21 nitrogen and oxygen atoms in total. The molecule has 12 rings (SSSR count). The molecule has 12 aromatic rings. The number of aryl methyl sites for hydroxylation is 9. The van der Waals surface area contributed by atoms with Crippen LogP contribution in [0.5, 0.6) is 23.0 Å². The number of halogens is 9. The average molecular weight is 1860 g/mol. The molecular formula is C105H113F9N10O11. The minimum atomic E-state index is -4.51. The van der Waals surface area contributed by atoms with Crippen molar-refractivity contribution < 1.29 is 93.0 Å². The van der Waals surface area contributed by atoms with Crippen LogP contribution in [0.2, 0.25) is 0 Å². The van der Waals surface area contributed by atoms with Crippen molar-refractivity contribution in [2.24, 2.45) is 5.73 Å². The standard InChI is InChI=1S/C36H40F3N3O4.C36H40F3N3O3.C33H33F3N4O4/c1-6-45-33-12-10-27(23(2)3)18-32(33)31-11-9-24(4)15-28(31)22-42(21-26-14-25(5)16-29(17-26)36(37,38)39)35-40-19-30(20-41-35)46-13-7-8-34(43)44;1-22(2)32-17-33(26(6)15-25(32)5)31-10-9-23(3)13-28(31)21-42(20-27-12-24(4)14-29(16-27)36(37,38)39)35-40-18-30(19-41-35)45-11-7-8-34(43)44;1-20-6-9-28(29-15-24(31(37)43)8-7-22(29)3)25(12-20)19-40(18-23-11-21(2)13-26(14-23)33(34,35)36)32-38-16-27(17-39-32)44-10-4-5-30(41)42/h9-12,14-20,23H,6-8,13,21-22H2,1-5H3,(H,43,44);9-10,12-19,22H,7-8,11,20-21H2,1-6H3,(H,43,44);6-9,11-17H,4-5,10,18-19H2,1-3H3,(H2,37,43)(H,41,42). The van der Waals surface area contributed by atoms with Gasteiger partial charge in [0.15, 0.2) is 17.2 Å². The van der Waals surface area contributed by atoms with Crippen molar-refractivity contribution in [2.75, 3.05) is 41.1 Å². The Bertz CT molecular complexity index is 6110. The highest BCUT2D eigenvalue weighted by molar-refractivity contribution is 5.94. The highest BCUT2D eigenvalue weighted by atomic mass is 19.4. The predicted octanol–water partition coefficient (Wildman–Crippen LogP) is 24.4. The molecule has 0 saturated heterocycles. The third-order valence-electron chi connectivity index (χ3n) is 22.1. The van der Waals surface area contributed by atoms with Crippen LogP contribution < -0.4 is 39.4 Å². The number of hydrogen-bond acceptors (Lipinski definition) is 17. The number of carbonyl (C=O) groups is 4. The average Bonchev–Trinajstić information content (AvgIpc) is 0.791. The second-order valence-corrected chi connectivity index (χ2v) is 34.3. The molecule has 0 aliphatic rings. The van der Waals surface area contributed by atoms with E-state index in [1.807, 2.05) is 86.9 Å². The van der Waals surface area contributed by atoms with E-state index in [9.17, 15) is 58.7 Å². The van der Waals surface area contributed by atoms with Gasteiger partial charge in [0.1, 0.15) is 5.75 Å². The number of aliphatic carboxylic acids is 3. The van der Waals surface area contributed by atoms with Gasteiger partial charge in [-0.15, -0.1) is 0 Å². The number of amides is 1. The van der Waals surface area contributed by atoms with Crippen molar-refractivity contribution in [1.82, 2.24) is 29.9 Å². The maximum atomic E-state index is 13.7. The summed E-state index contributed by atoms with van der Waals surface area (Å²) in [7, 11) is 0. The number of benzene rings is 9. The Hall–Kier alpha value is -13.9. The first-order chi connectivity index (χ1) is 63.8. The van der Waals surface area contributed by atoms with Gasteiger partial charge in [-0.3, -0.25) is 19.2 Å². The van der Waals surface area contributed by atoms with E-state index in [4.69, 9.17) is 40.0 Å². The van der Waals surface area contributed by atoms with E-state index >= 15 is 0 Å². The number of nitrogens with two attached hydrogens (primary N) is 1. The van der Waals surface area contributed by atoms with Crippen LogP contribution in [-0.4, -0.2) is 95.5 Å². The Labute approximate surface area is 780 Å². The highest BCUT2D eigenvalue weighted by Crippen LogP contribution is 2.42. The SMILES string of the molecule is CCOc1ccc(C(C)C)cc1-c1ccc(C)cc1CN(Cc1cc(C)cc(C(F)(F)F)c1)c1ncc(OCCCC(=O)O)cn1.Cc1cc(CN(Cc2cc(C)ccc2-c2cc(C(C)C)c(C)cc2C)c2ncc(OCCCC(=O)O)cn2)cc(C(F)(F)F)c1.Cc1cc(CN(Cc2cc(C)ccc2-c2cc(C(N)=O)ccc2C)c2ncc(OCCCC(=O)O)cn2)cc(C(F)(F)F)c1. The molecule has 0 saturated carbocycles. The van der Waals surface area contributed by atoms with Gasteiger partial charge in [0.2, 0.25) is 23.8 Å². The molecule has 0 bridgehead atoms. The Morgan fingerprint density at radius 2 is 0.704 bits per heavy atom. The number of hydrogen-bond donors (Lipinski definition) is 4. The van der Waals surface area contributed by atoms with Gasteiger partial charge in [0.05, 0.1) is 80.3 Å². The third kappa shape index (κ3) is 30.3. The summed E-state index contributed by atoms with van der Waals surface area (Å²) in [5.74, 6) is 0.0826. The Morgan fingerprint density at radius 3 is 1.02 bits per heavy atom. The van der Waals surface area contributed by atoms with Gasteiger partial charge in [-0.1, -0.05) is 158 Å². The van der Waals surface area contributed by atoms with Crippen LogP contribution in [0.4, 0.5) is 57.4 Å². The number of carbonyl (C=O) groups excluding carboxylic acids is 1. The molecule has 3 heterocycles. The summed E-state index contributed by atoms with van der Waals surface area (Å²) in [6.45, 7) is 29.8. The highest BCUT2D eigenvalue weighted by Gasteiger charge is 2.35. The topological polar surface area (TPSA) is 279 Å². The lowest BCUT2D eigenvalue weighted by molar-refractivity contribution is -0.138. The van der Waals surface area contributed by atoms with Crippen LogP contribution in [0.25, 0.3) is 33.4 Å². The van der Waals surface area contributed by atoms with Crippen molar-refractivity contribution in [3.8, 4) is 56.4 Å². The Morgan fingerprint density at radius 1 is 0.356 bits per heavy atom. The maximum absolute atomic E-state index is 13.7. The number of primary amides is 1. The maximum Gasteiger partial charge on any atom is 0.416 e. The van der Waals surface area contributed by atoms with Crippen molar-refractivity contribution in [1.29, 1.82) is 0 Å². The zero-order chi connectivity index (χ0) is 98.3. The molecule has 0 atom stereocenters. The molecule has 30 heteroatoms. The summed E-state index contributed by atoms with van der Waals surface area (Å²) in [5, 5.41) is 26.5. The Balaban J connectivity index is 0.000000210. The number of ether oxygens (including phenoxy) is 4. The van der Waals surface area contributed by atoms with E-state index in [1.54, 1.807) is 56.0 Å². The quantitative estimate of drug-likeness (QED) is 0.0207. The van der Waals surface area contributed by atoms with Gasteiger partial charge < -0.3 is 54.7 Å². The van der Waals surface area contributed by atoms with E-state index in [0.717, 1.165) is 120 Å². The Kier molecular flexibility index (Phi) is 35.6. The minimum Gasteiger partial charge on any atom is -0.493 e. The molecule has 0 aliphatic carbocycles. The minimum absolute atomic E-state index is 0.0128. The van der Waals surface area contributed by atoms with Crippen LogP contribution in [0.15, 0.2) is 195 Å². The molecule has 0 aliphatic heterocycles. The predicted molar refractivity (Wildman–Crippen MR) is 503 cm³/mol. The van der Waals surface area contributed by atoms with Gasteiger partial charge in [-0.2, -0.15) is 39.5 Å². The molecule has 712 valence electrons. The van der Waals surface area contributed by atoms with E-state index in [0.29, 0.717) is 119 Å². The summed E-state index contributed by atoms with van der Waals surface area (Å²) in [4.78, 5) is 76.8. The number of anilines is 3.